The lowest BCUT2D eigenvalue weighted by molar-refractivity contribution is -0.133. The molecule has 1 aromatic carbocycles. The number of esters is 2. The number of benzene rings is 1. The predicted octanol–water partition coefficient (Wildman–Crippen LogP) is 1.14. The number of hydrogen-bond acceptors (Lipinski definition) is 4. The van der Waals surface area contributed by atoms with Crippen molar-refractivity contribution in [1.82, 2.24) is 0 Å². The van der Waals surface area contributed by atoms with Gasteiger partial charge in [-0.3, -0.25) is 0 Å². The number of rotatable bonds is 1. The van der Waals surface area contributed by atoms with E-state index in [1.165, 1.54) is 20.3 Å². The standard InChI is InChI=1S/C12H9FO4/c1-16-11(14)4-3-8-5-9(12(15)17-2)7-10(13)6-8/h5-7H,1-2H3. The summed E-state index contributed by atoms with van der Waals surface area (Å²) in [6.07, 6.45) is 0. The third-order valence-corrected chi connectivity index (χ3v) is 1.81. The molecule has 0 atom stereocenters. The molecule has 0 aromatic heterocycles. The Bertz CT molecular complexity index is 511. The molecular formula is C12H9FO4. The second-order valence-electron chi connectivity index (χ2n) is 2.96. The average Bonchev–Trinajstić information content (AvgIpc) is 2.34. The van der Waals surface area contributed by atoms with E-state index < -0.39 is 17.8 Å². The maximum atomic E-state index is 13.1. The lowest BCUT2D eigenvalue weighted by atomic mass is 10.1. The number of hydrogen-bond donors (Lipinski definition) is 0. The SMILES string of the molecule is COC(=O)C#Cc1cc(F)cc(C(=O)OC)c1. The molecule has 0 saturated heterocycles. The lowest BCUT2D eigenvalue weighted by Gasteiger charge is -2.00. The smallest absolute Gasteiger partial charge is 0.384 e. The van der Waals surface area contributed by atoms with E-state index in [2.05, 4.69) is 21.3 Å². The zero-order valence-corrected chi connectivity index (χ0v) is 9.24. The summed E-state index contributed by atoms with van der Waals surface area (Å²) in [5.74, 6) is 2.46. The van der Waals surface area contributed by atoms with Crippen LogP contribution in [0.2, 0.25) is 0 Å². The molecule has 88 valence electrons. The molecule has 0 radical (unpaired) electrons. The average molecular weight is 236 g/mol. The van der Waals surface area contributed by atoms with E-state index in [1.807, 2.05) is 0 Å². The molecule has 0 aliphatic heterocycles. The molecule has 0 fully saturated rings. The van der Waals surface area contributed by atoms with Crippen molar-refractivity contribution in [1.29, 1.82) is 0 Å². The Hall–Kier alpha value is -2.35. The van der Waals surface area contributed by atoms with Gasteiger partial charge in [0.25, 0.3) is 0 Å². The van der Waals surface area contributed by atoms with Gasteiger partial charge in [-0.25, -0.2) is 14.0 Å². The molecule has 0 spiro atoms. The van der Waals surface area contributed by atoms with Crippen molar-refractivity contribution >= 4 is 11.9 Å². The van der Waals surface area contributed by atoms with Crippen LogP contribution in [0.3, 0.4) is 0 Å². The van der Waals surface area contributed by atoms with Gasteiger partial charge in [-0.2, -0.15) is 0 Å². The number of carbonyl (C=O) groups is 2. The summed E-state index contributed by atoms with van der Waals surface area (Å²) in [4.78, 5) is 21.9. The maximum absolute atomic E-state index is 13.1. The Labute approximate surface area is 97.3 Å². The van der Waals surface area contributed by atoms with Crippen LogP contribution in [-0.2, 0) is 14.3 Å². The van der Waals surface area contributed by atoms with Crippen LogP contribution >= 0.6 is 0 Å². The summed E-state index contributed by atoms with van der Waals surface area (Å²) >= 11 is 0. The first-order valence-electron chi connectivity index (χ1n) is 4.55. The lowest BCUT2D eigenvalue weighted by Crippen LogP contribution is -2.02. The topological polar surface area (TPSA) is 52.6 Å². The van der Waals surface area contributed by atoms with Crippen molar-refractivity contribution in [2.75, 3.05) is 14.2 Å². The number of carbonyl (C=O) groups excluding carboxylic acids is 2. The minimum absolute atomic E-state index is 0.0293. The molecule has 1 rings (SSSR count). The number of methoxy groups -OCH3 is 2. The van der Waals surface area contributed by atoms with E-state index in [0.717, 1.165) is 12.1 Å². The van der Waals surface area contributed by atoms with Gasteiger partial charge in [0.05, 0.1) is 19.8 Å². The van der Waals surface area contributed by atoms with E-state index in [-0.39, 0.29) is 11.1 Å². The molecule has 1 aromatic rings. The van der Waals surface area contributed by atoms with Gasteiger partial charge >= 0.3 is 11.9 Å². The normalized spacial score (nSPS) is 8.88. The molecule has 0 heterocycles. The fraction of sp³-hybridized carbons (Fsp3) is 0.167. The molecule has 4 nitrogen and oxygen atoms in total. The van der Waals surface area contributed by atoms with Gasteiger partial charge in [0.15, 0.2) is 0 Å². The highest BCUT2D eigenvalue weighted by molar-refractivity contribution is 5.91. The molecule has 0 N–H and O–H groups in total. The molecular weight excluding hydrogens is 227 g/mol. The van der Waals surface area contributed by atoms with Crippen molar-refractivity contribution in [2.45, 2.75) is 0 Å². The summed E-state index contributed by atoms with van der Waals surface area (Å²) in [5.41, 5.74) is 0.220. The first-order valence-corrected chi connectivity index (χ1v) is 4.55. The number of halogens is 1. The molecule has 5 heteroatoms. The molecule has 0 aliphatic rings. The highest BCUT2D eigenvalue weighted by Gasteiger charge is 2.08. The van der Waals surface area contributed by atoms with E-state index in [9.17, 15) is 14.0 Å². The Morgan fingerprint density at radius 2 is 1.88 bits per heavy atom. The van der Waals surface area contributed by atoms with Crippen molar-refractivity contribution < 1.29 is 23.5 Å². The van der Waals surface area contributed by atoms with E-state index in [0.29, 0.717) is 0 Å². The summed E-state index contributed by atoms with van der Waals surface area (Å²) in [7, 11) is 2.37. The minimum Gasteiger partial charge on any atom is -0.465 e. The van der Waals surface area contributed by atoms with Crippen LogP contribution in [0.1, 0.15) is 15.9 Å². The van der Waals surface area contributed by atoms with E-state index in [4.69, 9.17) is 0 Å². The Morgan fingerprint density at radius 3 is 2.47 bits per heavy atom. The highest BCUT2D eigenvalue weighted by atomic mass is 19.1. The van der Waals surface area contributed by atoms with Crippen LogP contribution in [-0.4, -0.2) is 26.2 Å². The zero-order chi connectivity index (χ0) is 12.8. The molecule has 0 bridgehead atoms. The minimum atomic E-state index is -0.742. The summed E-state index contributed by atoms with van der Waals surface area (Å²) < 4.78 is 21.9. The van der Waals surface area contributed by atoms with Gasteiger partial charge in [0.2, 0.25) is 0 Å². The van der Waals surface area contributed by atoms with Crippen LogP contribution in [0.25, 0.3) is 0 Å². The third kappa shape index (κ3) is 3.61. The van der Waals surface area contributed by atoms with Gasteiger partial charge < -0.3 is 9.47 Å². The number of ether oxygens (including phenoxy) is 2. The summed E-state index contributed by atoms with van der Waals surface area (Å²) in [6, 6.07) is 3.45. The fourth-order valence-electron chi connectivity index (χ4n) is 1.07. The molecule has 0 amide bonds. The van der Waals surface area contributed by atoms with Gasteiger partial charge in [-0.1, -0.05) is 5.92 Å². The summed E-state index contributed by atoms with van der Waals surface area (Å²) in [6.45, 7) is 0. The van der Waals surface area contributed by atoms with Crippen molar-refractivity contribution in [3.63, 3.8) is 0 Å². The largest absolute Gasteiger partial charge is 0.465 e. The van der Waals surface area contributed by atoms with Gasteiger partial charge in [-0.05, 0) is 18.2 Å². The molecule has 0 saturated carbocycles. The van der Waals surface area contributed by atoms with Crippen molar-refractivity contribution in [3.8, 4) is 11.8 Å². The Balaban J connectivity index is 3.08. The van der Waals surface area contributed by atoms with Crippen LogP contribution in [0.15, 0.2) is 18.2 Å². The monoisotopic (exact) mass is 236 g/mol. The second-order valence-corrected chi connectivity index (χ2v) is 2.96. The molecule has 17 heavy (non-hydrogen) atoms. The third-order valence-electron chi connectivity index (χ3n) is 1.81. The van der Waals surface area contributed by atoms with Crippen LogP contribution in [0, 0.1) is 17.7 Å². The first-order chi connectivity index (χ1) is 8.06. The van der Waals surface area contributed by atoms with E-state index in [1.54, 1.807) is 0 Å². The quantitative estimate of drug-likeness (QED) is 0.542. The van der Waals surface area contributed by atoms with Crippen LogP contribution in [0.4, 0.5) is 4.39 Å². The van der Waals surface area contributed by atoms with Crippen LogP contribution in [0.5, 0.6) is 0 Å². The van der Waals surface area contributed by atoms with Gasteiger partial charge in [-0.15, -0.1) is 0 Å². The van der Waals surface area contributed by atoms with Crippen molar-refractivity contribution in [3.05, 3.63) is 35.1 Å². The highest BCUT2D eigenvalue weighted by Crippen LogP contribution is 2.09. The zero-order valence-electron chi connectivity index (χ0n) is 9.24. The Kier molecular flexibility index (Phi) is 4.23. The fourth-order valence-corrected chi connectivity index (χ4v) is 1.07. The predicted molar refractivity (Wildman–Crippen MR) is 56.6 cm³/mol. The van der Waals surface area contributed by atoms with Gasteiger partial charge in [0, 0.05) is 11.5 Å². The molecule has 0 aliphatic carbocycles. The molecule has 0 unspecified atom stereocenters. The van der Waals surface area contributed by atoms with E-state index >= 15 is 0 Å². The van der Waals surface area contributed by atoms with Crippen LogP contribution < -0.4 is 0 Å². The first kappa shape index (κ1) is 12.7. The van der Waals surface area contributed by atoms with Crippen molar-refractivity contribution in [2.24, 2.45) is 0 Å². The Morgan fingerprint density at radius 1 is 1.18 bits per heavy atom. The van der Waals surface area contributed by atoms with Gasteiger partial charge in [0.1, 0.15) is 5.82 Å². The summed E-state index contributed by atoms with van der Waals surface area (Å²) in [5, 5.41) is 0. The second kappa shape index (κ2) is 5.66. The maximum Gasteiger partial charge on any atom is 0.384 e.